The molecule has 0 amide bonds. The summed E-state index contributed by atoms with van der Waals surface area (Å²) < 4.78 is 61.6. The smallest absolute Gasteiger partial charge is 0.328 e. The summed E-state index contributed by atoms with van der Waals surface area (Å²) in [6.45, 7) is 3.28. The molecule has 3 radical (unpaired) electrons. The van der Waals surface area contributed by atoms with Crippen molar-refractivity contribution in [1.82, 2.24) is 39.0 Å². The molecule has 0 saturated heterocycles. The number of imidazole rings is 2. The number of ether oxygens (including phenoxy) is 5. The maximum Gasteiger partial charge on any atom is 0.328 e. The van der Waals surface area contributed by atoms with Gasteiger partial charge in [-0.15, -0.1) is 0 Å². The van der Waals surface area contributed by atoms with Gasteiger partial charge in [-0.05, 0) is 46.5 Å². The van der Waals surface area contributed by atoms with Gasteiger partial charge in [-0.2, -0.15) is 30.2 Å². The first-order valence-corrected chi connectivity index (χ1v) is 25.5. The van der Waals surface area contributed by atoms with Crippen molar-refractivity contribution in [3.8, 4) is 24.1 Å². The van der Waals surface area contributed by atoms with Crippen LogP contribution in [-0.2, 0) is 48.5 Å². The third kappa shape index (κ3) is 14.2. The van der Waals surface area contributed by atoms with Crippen LogP contribution in [0.15, 0.2) is 114 Å². The minimum absolute atomic E-state index is 0. The third-order valence-electron chi connectivity index (χ3n) is 10.5. The summed E-state index contributed by atoms with van der Waals surface area (Å²) in [5.74, 6) is 0.290. The summed E-state index contributed by atoms with van der Waals surface area (Å²) in [6, 6.07) is 35.1. The number of nitrogen functional groups attached to an aromatic ring is 2. The van der Waals surface area contributed by atoms with E-state index in [-0.39, 0.29) is 64.2 Å². The van der Waals surface area contributed by atoms with E-state index >= 15 is 0 Å². The Kier molecular flexibility index (Phi) is 20.2. The van der Waals surface area contributed by atoms with Crippen LogP contribution < -0.4 is 42.0 Å². The van der Waals surface area contributed by atoms with E-state index in [0.717, 1.165) is 16.7 Å². The zero-order valence-corrected chi connectivity index (χ0v) is 42.2. The van der Waals surface area contributed by atoms with Crippen LogP contribution >= 0.6 is 14.7 Å². The molecule has 4 aromatic carbocycles. The second-order valence-corrected chi connectivity index (χ2v) is 20.2. The molecule has 0 fully saturated rings. The van der Waals surface area contributed by atoms with Crippen molar-refractivity contribution in [2.24, 2.45) is 0 Å². The van der Waals surface area contributed by atoms with Gasteiger partial charge in [0.05, 0.1) is 51.8 Å². The van der Waals surface area contributed by atoms with E-state index in [9.17, 15) is 18.8 Å². The summed E-state index contributed by atoms with van der Waals surface area (Å²) in [5, 5.41) is 8.40. The third-order valence-corrected chi connectivity index (χ3v) is 14.8. The molecule has 0 aliphatic rings. The highest BCUT2D eigenvalue weighted by Gasteiger charge is 2.26. The zero-order valence-electron chi connectivity index (χ0n) is 40.4. The molecule has 6 N–H and O–H groups in total. The lowest BCUT2D eigenvalue weighted by atomic mass is 10.1. The minimum Gasteiger partial charge on any atom is -0.468 e. The van der Waals surface area contributed by atoms with Gasteiger partial charge in [0.2, 0.25) is 14.7 Å². The van der Waals surface area contributed by atoms with Crippen molar-refractivity contribution in [2.75, 3.05) is 66.3 Å². The van der Waals surface area contributed by atoms with Crippen LogP contribution in [0.4, 0.5) is 11.6 Å². The van der Waals surface area contributed by atoms with Crippen LogP contribution in [0.25, 0.3) is 22.3 Å². The molecule has 2 atom stereocenters. The van der Waals surface area contributed by atoms with Gasteiger partial charge >= 0.3 is 17.7 Å². The number of methoxy groups -OCH3 is 3. The second-order valence-electron chi connectivity index (χ2n) is 15.4. The van der Waals surface area contributed by atoms with Gasteiger partial charge in [0.25, 0.3) is 6.01 Å². The van der Waals surface area contributed by atoms with E-state index in [1.807, 2.05) is 60.7 Å². The molecule has 8 rings (SSSR count). The van der Waals surface area contributed by atoms with Gasteiger partial charge in [-0.3, -0.25) is 18.3 Å². The molecule has 24 heteroatoms. The monoisotopic (exact) mass is 1020 g/mol. The normalized spacial score (nSPS) is 12.5. The predicted octanol–water partition coefficient (Wildman–Crippen LogP) is 5.26. The summed E-state index contributed by atoms with van der Waals surface area (Å²) in [7, 11) is -0.477. The second kappa shape index (κ2) is 26.2. The first kappa shape index (κ1) is 55.6. The Bertz CT molecular complexity index is 3240. The fraction of sp³-hybridized carbons (Fsp3) is 0.271. The fourth-order valence-corrected chi connectivity index (χ4v) is 10.5. The Labute approximate surface area is 417 Å². The maximum absolute atomic E-state index is 13.5. The number of aromatic nitrogens is 8. The average Bonchev–Trinajstić information content (AvgIpc) is 3.88. The number of benzene rings is 4. The van der Waals surface area contributed by atoms with Crippen LogP contribution in [0.2, 0.25) is 0 Å². The van der Waals surface area contributed by atoms with Crippen LogP contribution in [0.5, 0.6) is 18.0 Å². The topological polar surface area (TPSA) is 293 Å². The van der Waals surface area contributed by atoms with Gasteiger partial charge in [-0.25, -0.2) is 4.79 Å². The van der Waals surface area contributed by atoms with Gasteiger partial charge in [0.1, 0.15) is 18.7 Å². The fourth-order valence-electron chi connectivity index (χ4n) is 7.19. The van der Waals surface area contributed by atoms with Crippen LogP contribution in [0.1, 0.15) is 29.2 Å². The molecule has 0 spiro atoms. The SMILES string of the molecule is CC#N.COCCOc1nc(N)c2[nH]c(=O)n(Cc3cccc(CP(=O)(O)c4ccccc4)c3)c2n1.COCCOc1nc(N)c2nc(OC)n(Cc3cccc(CP(=O)(OC)c4ccccc4)c3)c2n1.[B]. The molecule has 375 valence electrons. The quantitative estimate of drug-likeness (QED) is 0.0430. The predicted molar refractivity (Wildman–Crippen MR) is 276 cm³/mol. The number of aromatic amines is 1. The lowest BCUT2D eigenvalue weighted by Crippen LogP contribution is -2.18. The van der Waals surface area contributed by atoms with Gasteiger partial charge in [0, 0.05) is 47.3 Å². The number of nitrogens with two attached hydrogens (primary N) is 2. The summed E-state index contributed by atoms with van der Waals surface area (Å²) >= 11 is 0. The van der Waals surface area contributed by atoms with Crippen LogP contribution in [0, 0.1) is 11.3 Å². The maximum atomic E-state index is 13.5. The molecule has 0 aliphatic heterocycles. The number of rotatable bonds is 20. The minimum atomic E-state index is -3.57. The Morgan fingerprint density at radius 3 is 1.69 bits per heavy atom. The highest BCUT2D eigenvalue weighted by Crippen LogP contribution is 2.48. The average molecular weight is 1020 g/mol. The molecule has 0 bridgehead atoms. The number of nitrogens with one attached hydrogen (secondary N) is 1. The molecule has 0 saturated carbocycles. The van der Waals surface area contributed by atoms with Crippen LogP contribution in [0.3, 0.4) is 0 Å². The Morgan fingerprint density at radius 2 is 1.15 bits per heavy atom. The first-order chi connectivity index (χ1) is 34.3. The molecule has 21 nitrogen and oxygen atoms in total. The van der Waals surface area contributed by atoms with Crippen molar-refractivity contribution in [2.45, 2.75) is 32.3 Å². The van der Waals surface area contributed by atoms with Crippen molar-refractivity contribution < 1.29 is 42.2 Å². The molecule has 0 aliphatic carbocycles. The number of H-pyrrole nitrogens is 1. The summed E-state index contributed by atoms with van der Waals surface area (Å²) in [4.78, 5) is 47.3. The van der Waals surface area contributed by atoms with E-state index < -0.39 is 20.4 Å². The Balaban J connectivity index is 0.000000251. The summed E-state index contributed by atoms with van der Waals surface area (Å²) in [6.07, 6.45) is 0.260. The number of fused-ring (bicyclic) bond motifs is 2. The lowest BCUT2D eigenvalue weighted by molar-refractivity contribution is 0.141. The van der Waals surface area contributed by atoms with Crippen LogP contribution in [-0.4, -0.2) is 107 Å². The Hall–Kier alpha value is -7.37. The zero-order chi connectivity index (χ0) is 51.0. The van der Waals surface area contributed by atoms with E-state index in [1.165, 1.54) is 25.7 Å². The molecule has 8 aromatic rings. The molecular formula is C48H55BN11O10P2. The standard InChI is InChI=1S/C24H28N5O5P.C22H24N5O5P.C2H3N.B/c1-31-12-13-34-23-27-21(25)20-22(28-23)29(24(26-20)32-2)15-17-8-7-9-18(14-17)16-35(30,33-3)19-10-5-4-6-11-19;1-31-10-11-32-21-25-19(23)18-20(26-21)27(22(28)24-18)13-15-6-5-7-16(12-15)14-33(29,30)17-8-3-2-4-9-17;1-2-3;/h4-11,14H,12-13,15-16H2,1-3H3,(H2,25,27,28);2-9,12H,10-11,13-14H2,1H3,(H,24,28)(H,29,30)(H2,23,25,26);1H3;. The summed E-state index contributed by atoms with van der Waals surface area (Å²) in [5.41, 5.74) is 16.5. The number of hydrogen-bond donors (Lipinski definition) is 4. The van der Waals surface area contributed by atoms with E-state index in [4.69, 9.17) is 44.9 Å². The molecular weight excluding hydrogens is 963 g/mol. The number of anilines is 2. The highest BCUT2D eigenvalue weighted by molar-refractivity contribution is 7.66. The molecule has 4 heterocycles. The Morgan fingerprint density at radius 1 is 0.653 bits per heavy atom. The van der Waals surface area contributed by atoms with E-state index in [2.05, 4.69) is 29.9 Å². The number of nitriles is 1. The van der Waals surface area contributed by atoms with Gasteiger partial charge in [0.15, 0.2) is 28.4 Å². The largest absolute Gasteiger partial charge is 0.468 e. The van der Waals surface area contributed by atoms with E-state index in [0.29, 0.717) is 64.3 Å². The molecule has 72 heavy (non-hydrogen) atoms. The van der Waals surface area contributed by atoms with E-state index in [1.54, 1.807) is 73.4 Å². The van der Waals surface area contributed by atoms with Crippen molar-refractivity contribution >= 4 is 67.7 Å². The van der Waals surface area contributed by atoms with Crippen molar-refractivity contribution in [1.29, 1.82) is 5.26 Å². The molecule has 2 unspecified atom stereocenters. The van der Waals surface area contributed by atoms with Gasteiger partial charge in [-0.1, -0.05) is 84.9 Å². The highest BCUT2D eigenvalue weighted by atomic mass is 31.2. The van der Waals surface area contributed by atoms with Crippen molar-refractivity contribution in [3.05, 3.63) is 142 Å². The molecule has 4 aromatic heterocycles. The van der Waals surface area contributed by atoms with Crippen molar-refractivity contribution in [3.63, 3.8) is 0 Å². The number of nitrogens with zero attached hydrogens (tertiary/aromatic N) is 8. The first-order valence-electron chi connectivity index (χ1n) is 21.9. The number of hydrogen-bond acceptors (Lipinski definition) is 17. The lowest BCUT2D eigenvalue weighted by Gasteiger charge is -2.17. The van der Waals surface area contributed by atoms with Gasteiger partial charge < -0.3 is 49.6 Å².